The van der Waals surface area contributed by atoms with Crippen molar-refractivity contribution in [2.75, 3.05) is 11.5 Å². The van der Waals surface area contributed by atoms with Gasteiger partial charge in [0.2, 0.25) is 5.95 Å². The molecule has 2 heterocycles. The number of nitrogens with zero attached hydrogens (tertiary/aromatic N) is 1. The third-order valence-corrected chi connectivity index (χ3v) is 2.83. The molecule has 1 aliphatic rings. The number of anilines is 1. The van der Waals surface area contributed by atoms with Crippen molar-refractivity contribution < 1.29 is 0 Å². The van der Waals surface area contributed by atoms with Crippen LogP contribution in [0.1, 0.15) is 11.3 Å². The predicted octanol–water partition coefficient (Wildman–Crippen LogP) is 0.141. The minimum absolute atomic E-state index is 0.0790. The summed E-state index contributed by atoms with van der Waals surface area (Å²) in [6, 6.07) is 0. The van der Waals surface area contributed by atoms with E-state index in [9.17, 15) is 4.79 Å². The number of thioether (sulfide) groups is 1. The molecular weight excluding hydrogens is 174 g/mol. The summed E-state index contributed by atoms with van der Waals surface area (Å²) in [5, 5.41) is 0. The van der Waals surface area contributed by atoms with E-state index in [1.165, 1.54) is 0 Å². The van der Waals surface area contributed by atoms with Gasteiger partial charge in [0, 0.05) is 11.3 Å². The Labute approximate surface area is 73.6 Å². The Bertz CT molecular complexity index is 360. The maximum Gasteiger partial charge on any atom is 0.256 e. The fourth-order valence-corrected chi connectivity index (χ4v) is 2.25. The van der Waals surface area contributed by atoms with Crippen LogP contribution in [0.3, 0.4) is 0 Å². The Kier molecular flexibility index (Phi) is 1.80. The number of hydrogen-bond donors (Lipinski definition) is 2. The van der Waals surface area contributed by atoms with Crippen molar-refractivity contribution >= 4 is 17.7 Å². The summed E-state index contributed by atoms with van der Waals surface area (Å²) in [4.78, 5) is 17.9. The molecule has 0 aliphatic carbocycles. The van der Waals surface area contributed by atoms with Crippen molar-refractivity contribution in [1.29, 1.82) is 0 Å². The lowest BCUT2D eigenvalue weighted by Gasteiger charge is -2.12. The van der Waals surface area contributed by atoms with Gasteiger partial charge in [-0.3, -0.25) is 9.78 Å². The van der Waals surface area contributed by atoms with Crippen molar-refractivity contribution in [2.24, 2.45) is 0 Å². The number of nitrogens with two attached hydrogens (primary N) is 1. The molecule has 0 bridgehead atoms. The third kappa shape index (κ3) is 1.20. The molecule has 5 heteroatoms. The van der Waals surface area contributed by atoms with Gasteiger partial charge in [-0.25, -0.2) is 4.98 Å². The van der Waals surface area contributed by atoms with Crippen molar-refractivity contribution in [3.8, 4) is 0 Å². The average molecular weight is 183 g/mol. The fraction of sp³-hybridized carbons (Fsp3) is 0.429. The van der Waals surface area contributed by atoms with Crippen LogP contribution in [0.25, 0.3) is 0 Å². The van der Waals surface area contributed by atoms with Crippen LogP contribution in [0.15, 0.2) is 4.79 Å². The normalized spacial score (nSPS) is 15.7. The first-order chi connectivity index (χ1) is 5.77. The molecule has 1 aromatic rings. The van der Waals surface area contributed by atoms with Gasteiger partial charge in [-0.2, -0.15) is 11.8 Å². The molecule has 0 unspecified atom stereocenters. The lowest BCUT2D eigenvalue weighted by atomic mass is 10.2. The van der Waals surface area contributed by atoms with Crippen molar-refractivity contribution in [3.05, 3.63) is 21.6 Å². The summed E-state index contributed by atoms with van der Waals surface area (Å²) < 4.78 is 0. The Morgan fingerprint density at radius 3 is 3.25 bits per heavy atom. The summed E-state index contributed by atoms with van der Waals surface area (Å²) >= 11 is 1.76. The lowest BCUT2D eigenvalue weighted by molar-refractivity contribution is 0.942. The summed E-state index contributed by atoms with van der Waals surface area (Å²) in [5.41, 5.74) is 6.99. The van der Waals surface area contributed by atoms with Crippen molar-refractivity contribution in [3.63, 3.8) is 0 Å². The van der Waals surface area contributed by atoms with Gasteiger partial charge in [0.25, 0.3) is 5.56 Å². The molecule has 3 N–H and O–H groups in total. The molecule has 0 fully saturated rings. The van der Waals surface area contributed by atoms with E-state index in [2.05, 4.69) is 9.97 Å². The highest BCUT2D eigenvalue weighted by Crippen LogP contribution is 2.19. The molecule has 12 heavy (non-hydrogen) atoms. The van der Waals surface area contributed by atoms with Crippen LogP contribution in [0.5, 0.6) is 0 Å². The maximum absolute atomic E-state index is 11.3. The number of hydrogen-bond acceptors (Lipinski definition) is 4. The van der Waals surface area contributed by atoms with Crippen LogP contribution in [-0.4, -0.2) is 15.7 Å². The topological polar surface area (TPSA) is 71.8 Å². The minimum Gasteiger partial charge on any atom is -0.369 e. The fourth-order valence-electron chi connectivity index (χ4n) is 1.26. The van der Waals surface area contributed by atoms with Crippen LogP contribution in [0, 0.1) is 0 Å². The van der Waals surface area contributed by atoms with Gasteiger partial charge in [-0.15, -0.1) is 0 Å². The van der Waals surface area contributed by atoms with Gasteiger partial charge >= 0.3 is 0 Å². The molecule has 1 aromatic heterocycles. The first-order valence-electron chi connectivity index (χ1n) is 3.72. The quantitative estimate of drug-likeness (QED) is 0.600. The molecule has 0 atom stereocenters. The standard InChI is InChI=1S/C7H9N3OS/c8-7-9-5-1-2-12-3-4(5)6(11)10-7/h1-3H2,(H3,8,9,10,11). The molecule has 0 saturated carbocycles. The van der Waals surface area contributed by atoms with Crippen LogP contribution in [0.4, 0.5) is 5.95 Å². The van der Waals surface area contributed by atoms with Crippen LogP contribution in [-0.2, 0) is 12.2 Å². The molecule has 64 valence electrons. The lowest BCUT2D eigenvalue weighted by Crippen LogP contribution is -2.21. The highest BCUT2D eigenvalue weighted by atomic mass is 32.2. The summed E-state index contributed by atoms with van der Waals surface area (Å²) in [6.07, 6.45) is 0.855. The number of nitrogens with one attached hydrogen (secondary N) is 1. The molecule has 0 saturated heterocycles. The Morgan fingerprint density at radius 1 is 1.58 bits per heavy atom. The smallest absolute Gasteiger partial charge is 0.256 e. The van der Waals surface area contributed by atoms with Gasteiger partial charge < -0.3 is 5.73 Å². The number of aryl methyl sites for hydroxylation is 1. The monoisotopic (exact) mass is 183 g/mol. The van der Waals surface area contributed by atoms with E-state index >= 15 is 0 Å². The van der Waals surface area contributed by atoms with Gasteiger partial charge in [0.05, 0.1) is 5.69 Å². The van der Waals surface area contributed by atoms with Gasteiger partial charge in [-0.05, 0) is 12.2 Å². The zero-order valence-corrected chi connectivity index (χ0v) is 7.28. The predicted molar refractivity (Wildman–Crippen MR) is 49.1 cm³/mol. The molecule has 1 aliphatic heterocycles. The van der Waals surface area contributed by atoms with E-state index in [0.29, 0.717) is 0 Å². The highest BCUT2D eigenvalue weighted by molar-refractivity contribution is 7.98. The van der Waals surface area contributed by atoms with Crippen LogP contribution in [0.2, 0.25) is 0 Å². The van der Waals surface area contributed by atoms with Crippen molar-refractivity contribution in [1.82, 2.24) is 9.97 Å². The molecule has 0 radical (unpaired) electrons. The van der Waals surface area contributed by atoms with Gasteiger partial charge in [0.15, 0.2) is 0 Å². The largest absolute Gasteiger partial charge is 0.369 e. The highest BCUT2D eigenvalue weighted by Gasteiger charge is 2.14. The molecule has 0 aromatic carbocycles. The van der Waals surface area contributed by atoms with E-state index < -0.39 is 0 Å². The number of fused-ring (bicyclic) bond motifs is 1. The first kappa shape index (κ1) is 7.67. The van der Waals surface area contributed by atoms with E-state index in [4.69, 9.17) is 5.73 Å². The number of aromatic nitrogens is 2. The second-order valence-electron chi connectivity index (χ2n) is 2.68. The van der Waals surface area contributed by atoms with E-state index in [0.717, 1.165) is 29.2 Å². The SMILES string of the molecule is Nc1nc2c(c(=O)[nH]1)CSCC2. The first-order valence-corrected chi connectivity index (χ1v) is 4.88. The van der Waals surface area contributed by atoms with Crippen LogP contribution >= 0.6 is 11.8 Å². The summed E-state index contributed by atoms with van der Waals surface area (Å²) in [6.45, 7) is 0. The minimum atomic E-state index is -0.0790. The summed E-state index contributed by atoms with van der Waals surface area (Å²) in [5.74, 6) is 2.02. The van der Waals surface area contributed by atoms with E-state index in [-0.39, 0.29) is 11.5 Å². The van der Waals surface area contributed by atoms with E-state index in [1.807, 2.05) is 0 Å². The number of aromatic amines is 1. The van der Waals surface area contributed by atoms with Crippen LogP contribution < -0.4 is 11.3 Å². The Hall–Kier alpha value is -0.970. The van der Waals surface area contributed by atoms with E-state index in [1.54, 1.807) is 11.8 Å². The number of H-pyrrole nitrogens is 1. The molecule has 4 nitrogen and oxygen atoms in total. The zero-order valence-electron chi connectivity index (χ0n) is 6.46. The zero-order chi connectivity index (χ0) is 8.55. The molecule has 0 amide bonds. The Morgan fingerprint density at radius 2 is 2.42 bits per heavy atom. The van der Waals surface area contributed by atoms with Gasteiger partial charge in [-0.1, -0.05) is 0 Å². The molecular formula is C7H9N3OS. The summed E-state index contributed by atoms with van der Waals surface area (Å²) in [7, 11) is 0. The van der Waals surface area contributed by atoms with Crippen molar-refractivity contribution in [2.45, 2.75) is 12.2 Å². The molecule has 2 rings (SSSR count). The average Bonchev–Trinajstić information content (AvgIpc) is 2.04. The second-order valence-corrected chi connectivity index (χ2v) is 3.78. The number of nitrogen functional groups attached to an aromatic ring is 1. The van der Waals surface area contributed by atoms with Gasteiger partial charge in [0.1, 0.15) is 0 Å². The third-order valence-electron chi connectivity index (χ3n) is 1.85. The number of rotatable bonds is 0. The second kappa shape index (κ2) is 2.82. The molecule has 0 spiro atoms. The Balaban J connectivity index is 2.60. The maximum atomic E-state index is 11.3.